The summed E-state index contributed by atoms with van der Waals surface area (Å²) >= 11 is 1.22. The van der Waals surface area contributed by atoms with Crippen LogP contribution in [0, 0.1) is 0 Å². The summed E-state index contributed by atoms with van der Waals surface area (Å²) in [6, 6.07) is 14.7. The van der Waals surface area contributed by atoms with Crippen molar-refractivity contribution in [1.82, 2.24) is 9.38 Å². The number of rotatable bonds is 3. The van der Waals surface area contributed by atoms with Crippen molar-refractivity contribution in [2.45, 2.75) is 13.3 Å². The van der Waals surface area contributed by atoms with Crippen molar-refractivity contribution in [3.8, 4) is 0 Å². The second kappa shape index (κ2) is 6.14. The number of hydrogen-bond donors (Lipinski definition) is 1. The Morgan fingerprint density at radius 2 is 2.00 bits per heavy atom. The first-order chi connectivity index (χ1) is 12.2. The van der Waals surface area contributed by atoms with E-state index in [1.807, 2.05) is 30.3 Å². The van der Waals surface area contributed by atoms with Crippen LogP contribution in [0.25, 0.3) is 15.9 Å². The first-order valence-corrected chi connectivity index (χ1v) is 8.78. The Bertz CT molecular complexity index is 1140. The highest BCUT2D eigenvalue weighted by Crippen LogP contribution is 2.23. The summed E-state index contributed by atoms with van der Waals surface area (Å²) in [5, 5.41) is 3.32. The first kappa shape index (κ1) is 15.5. The maximum absolute atomic E-state index is 12.6. The number of aryl methyl sites for hydroxylation is 1. The molecule has 0 unspecified atom stereocenters. The molecule has 0 fully saturated rings. The number of amides is 1. The molecule has 0 spiro atoms. The summed E-state index contributed by atoms with van der Waals surface area (Å²) in [7, 11) is 0. The molecule has 1 amide bonds. The molecular weight excluding hydrogens is 334 g/mol. The highest BCUT2D eigenvalue weighted by molar-refractivity contribution is 7.20. The minimum absolute atomic E-state index is 0.164. The number of thiophene rings is 1. The zero-order valence-electron chi connectivity index (χ0n) is 13.5. The molecule has 0 saturated heterocycles. The standard InChI is InChI=1S/C19H15N3O2S/c1-2-12-6-8-13(9-7-12)20-17(23)15-11-14-18(25-15)21-16-5-3-4-10-22(16)19(14)24/h3-11H,2H2,1H3,(H,20,23). The zero-order chi connectivity index (χ0) is 17.4. The van der Waals surface area contributed by atoms with E-state index in [-0.39, 0.29) is 11.5 Å². The Morgan fingerprint density at radius 1 is 1.20 bits per heavy atom. The number of carbonyl (C=O) groups excluding carboxylic acids is 1. The highest BCUT2D eigenvalue weighted by atomic mass is 32.1. The van der Waals surface area contributed by atoms with Crippen LogP contribution in [0.3, 0.4) is 0 Å². The summed E-state index contributed by atoms with van der Waals surface area (Å²) in [6.45, 7) is 2.08. The van der Waals surface area contributed by atoms with Gasteiger partial charge in [0.1, 0.15) is 10.5 Å². The summed E-state index contributed by atoms with van der Waals surface area (Å²) in [5.41, 5.74) is 2.35. The van der Waals surface area contributed by atoms with Crippen molar-refractivity contribution in [2.75, 3.05) is 5.32 Å². The van der Waals surface area contributed by atoms with E-state index in [0.29, 0.717) is 20.7 Å². The zero-order valence-corrected chi connectivity index (χ0v) is 14.3. The van der Waals surface area contributed by atoms with Crippen LogP contribution in [0.1, 0.15) is 22.2 Å². The van der Waals surface area contributed by atoms with Gasteiger partial charge in [-0.05, 0) is 42.3 Å². The number of carbonyl (C=O) groups is 1. The maximum atomic E-state index is 12.6. The largest absolute Gasteiger partial charge is 0.321 e. The Kier molecular flexibility index (Phi) is 3.82. The molecule has 0 aliphatic heterocycles. The number of nitrogens with zero attached hydrogens (tertiary/aromatic N) is 2. The molecule has 1 aromatic carbocycles. The molecule has 25 heavy (non-hydrogen) atoms. The Balaban J connectivity index is 1.71. The third kappa shape index (κ3) is 2.81. The van der Waals surface area contributed by atoms with E-state index in [1.54, 1.807) is 24.4 Å². The van der Waals surface area contributed by atoms with Gasteiger partial charge in [0, 0.05) is 11.9 Å². The van der Waals surface area contributed by atoms with Crippen LogP contribution in [0.15, 0.2) is 59.5 Å². The molecule has 0 radical (unpaired) electrons. The summed E-state index contributed by atoms with van der Waals surface area (Å²) in [5.74, 6) is -0.235. The third-order valence-corrected chi connectivity index (χ3v) is 5.09. The predicted molar refractivity (Wildman–Crippen MR) is 101 cm³/mol. The lowest BCUT2D eigenvalue weighted by Crippen LogP contribution is -2.13. The molecule has 3 aromatic heterocycles. The van der Waals surface area contributed by atoms with Crippen molar-refractivity contribution in [1.29, 1.82) is 0 Å². The maximum Gasteiger partial charge on any atom is 0.266 e. The fourth-order valence-electron chi connectivity index (χ4n) is 2.68. The van der Waals surface area contributed by atoms with Crippen LogP contribution in [-0.2, 0) is 6.42 Å². The molecule has 0 aliphatic carbocycles. The van der Waals surface area contributed by atoms with Gasteiger partial charge < -0.3 is 5.32 Å². The van der Waals surface area contributed by atoms with Crippen LogP contribution in [0.2, 0.25) is 0 Å². The van der Waals surface area contributed by atoms with E-state index < -0.39 is 0 Å². The minimum atomic E-state index is -0.235. The molecule has 0 bridgehead atoms. The van der Waals surface area contributed by atoms with Crippen LogP contribution >= 0.6 is 11.3 Å². The molecule has 0 saturated carbocycles. The van der Waals surface area contributed by atoms with Gasteiger partial charge in [0.2, 0.25) is 0 Å². The molecular formula is C19H15N3O2S. The van der Waals surface area contributed by atoms with E-state index in [4.69, 9.17) is 0 Å². The summed E-state index contributed by atoms with van der Waals surface area (Å²) in [6.07, 6.45) is 2.63. The van der Waals surface area contributed by atoms with Crippen molar-refractivity contribution < 1.29 is 4.79 Å². The van der Waals surface area contributed by atoms with Gasteiger partial charge in [-0.15, -0.1) is 11.3 Å². The lowest BCUT2D eigenvalue weighted by Gasteiger charge is -2.04. The average Bonchev–Trinajstić information content (AvgIpc) is 3.07. The second-order valence-corrected chi connectivity index (χ2v) is 6.71. The number of pyridine rings is 1. The van der Waals surface area contributed by atoms with Gasteiger partial charge in [-0.25, -0.2) is 4.98 Å². The van der Waals surface area contributed by atoms with Crippen molar-refractivity contribution in [3.05, 3.63) is 75.5 Å². The lowest BCUT2D eigenvalue weighted by atomic mass is 10.1. The normalized spacial score (nSPS) is 11.1. The van der Waals surface area contributed by atoms with Crippen LogP contribution in [-0.4, -0.2) is 15.3 Å². The van der Waals surface area contributed by atoms with Crippen molar-refractivity contribution >= 4 is 38.8 Å². The van der Waals surface area contributed by atoms with Gasteiger partial charge >= 0.3 is 0 Å². The van der Waals surface area contributed by atoms with Crippen LogP contribution in [0.4, 0.5) is 5.69 Å². The molecule has 124 valence electrons. The molecule has 3 heterocycles. The van der Waals surface area contributed by atoms with Crippen LogP contribution in [0.5, 0.6) is 0 Å². The van der Waals surface area contributed by atoms with E-state index in [1.165, 1.54) is 21.3 Å². The van der Waals surface area contributed by atoms with Crippen LogP contribution < -0.4 is 10.9 Å². The first-order valence-electron chi connectivity index (χ1n) is 7.97. The fraction of sp³-hybridized carbons (Fsp3) is 0.105. The highest BCUT2D eigenvalue weighted by Gasteiger charge is 2.15. The molecule has 6 heteroatoms. The number of nitrogens with one attached hydrogen (secondary N) is 1. The van der Waals surface area contributed by atoms with E-state index in [2.05, 4.69) is 17.2 Å². The Hall–Kier alpha value is -2.99. The average molecular weight is 349 g/mol. The predicted octanol–water partition coefficient (Wildman–Crippen LogP) is 3.72. The topological polar surface area (TPSA) is 63.5 Å². The van der Waals surface area contributed by atoms with Gasteiger partial charge in [0.25, 0.3) is 11.5 Å². The number of aromatic nitrogens is 2. The van der Waals surface area contributed by atoms with Gasteiger partial charge in [0.05, 0.1) is 10.3 Å². The van der Waals surface area contributed by atoms with Gasteiger partial charge in [-0.3, -0.25) is 14.0 Å². The number of benzene rings is 1. The molecule has 1 N–H and O–H groups in total. The number of fused-ring (bicyclic) bond motifs is 2. The summed E-state index contributed by atoms with van der Waals surface area (Å²) in [4.78, 5) is 30.6. The smallest absolute Gasteiger partial charge is 0.266 e. The Morgan fingerprint density at radius 3 is 2.76 bits per heavy atom. The fourth-order valence-corrected chi connectivity index (χ4v) is 3.60. The molecule has 4 rings (SSSR count). The number of hydrogen-bond acceptors (Lipinski definition) is 4. The van der Waals surface area contributed by atoms with Crippen molar-refractivity contribution in [2.24, 2.45) is 0 Å². The monoisotopic (exact) mass is 349 g/mol. The molecule has 5 nitrogen and oxygen atoms in total. The van der Waals surface area contributed by atoms with E-state index in [0.717, 1.165) is 12.1 Å². The van der Waals surface area contributed by atoms with Gasteiger partial charge in [0.15, 0.2) is 0 Å². The minimum Gasteiger partial charge on any atom is -0.321 e. The van der Waals surface area contributed by atoms with Gasteiger partial charge in [-0.1, -0.05) is 25.1 Å². The second-order valence-electron chi connectivity index (χ2n) is 5.68. The van der Waals surface area contributed by atoms with E-state index in [9.17, 15) is 9.59 Å². The van der Waals surface area contributed by atoms with Gasteiger partial charge in [-0.2, -0.15) is 0 Å². The molecule has 4 aromatic rings. The summed E-state index contributed by atoms with van der Waals surface area (Å²) < 4.78 is 1.49. The SMILES string of the molecule is CCc1ccc(NC(=O)c2cc3c(=O)n4ccccc4nc3s2)cc1. The third-order valence-electron chi connectivity index (χ3n) is 4.06. The quantitative estimate of drug-likeness (QED) is 0.613. The lowest BCUT2D eigenvalue weighted by molar-refractivity contribution is 0.103. The number of anilines is 1. The van der Waals surface area contributed by atoms with E-state index >= 15 is 0 Å². The Labute approximate surface area is 147 Å². The van der Waals surface area contributed by atoms with Crippen molar-refractivity contribution in [3.63, 3.8) is 0 Å². The molecule has 0 aliphatic rings. The molecule has 0 atom stereocenters.